The maximum Gasteiger partial charge on any atom is 0.119 e. The minimum absolute atomic E-state index is 0.172. The summed E-state index contributed by atoms with van der Waals surface area (Å²) in [6.07, 6.45) is 1.94. The van der Waals surface area contributed by atoms with Crippen LogP contribution in [0.2, 0.25) is 0 Å². The molecule has 3 atom stereocenters. The Balaban J connectivity index is 2.53. The number of nitrogens with one attached hydrogen (secondary N) is 1. The summed E-state index contributed by atoms with van der Waals surface area (Å²) in [6.45, 7) is 8.91. The van der Waals surface area contributed by atoms with E-state index in [9.17, 15) is 4.21 Å². The normalized spacial score (nSPS) is 16.1. The van der Waals surface area contributed by atoms with E-state index in [4.69, 9.17) is 4.74 Å². The Morgan fingerprint density at radius 3 is 2.21 bits per heavy atom. The Kier molecular flexibility index (Phi) is 6.52. The van der Waals surface area contributed by atoms with Gasteiger partial charge in [0, 0.05) is 34.9 Å². The van der Waals surface area contributed by atoms with Gasteiger partial charge >= 0.3 is 0 Å². The quantitative estimate of drug-likeness (QED) is 0.836. The zero-order chi connectivity index (χ0) is 14.4. The first-order valence-corrected chi connectivity index (χ1v) is 8.34. The summed E-state index contributed by atoms with van der Waals surface area (Å²) in [5.74, 6) is 0.897. The fourth-order valence-electron chi connectivity index (χ4n) is 1.69. The second kappa shape index (κ2) is 7.65. The first-order chi connectivity index (χ1) is 8.90. The monoisotopic (exact) mass is 283 g/mol. The summed E-state index contributed by atoms with van der Waals surface area (Å²) in [7, 11) is -0.776. The SMILES string of the molecule is CC(C)Oc1ccc(C(C)NCC(C)S(C)=O)cc1. The summed E-state index contributed by atoms with van der Waals surface area (Å²) in [5, 5.41) is 3.58. The average molecular weight is 283 g/mol. The molecular weight excluding hydrogens is 258 g/mol. The average Bonchev–Trinajstić information content (AvgIpc) is 2.35. The Morgan fingerprint density at radius 1 is 1.16 bits per heavy atom. The van der Waals surface area contributed by atoms with Gasteiger partial charge in [-0.05, 0) is 45.4 Å². The third-order valence-corrected chi connectivity index (χ3v) is 4.33. The maximum atomic E-state index is 11.3. The Morgan fingerprint density at radius 2 is 1.74 bits per heavy atom. The molecule has 108 valence electrons. The van der Waals surface area contributed by atoms with E-state index in [1.807, 2.05) is 32.9 Å². The largest absolute Gasteiger partial charge is 0.491 e. The van der Waals surface area contributed by atoms with Crippen LogP contribution in [0.1, 0.15) is 39.3 Å². The molecule has 3 unspecified atom stereocenters. The molecule has 3 nitrogen and oxygen atoms in total. The lowest BCUT2D eigenvalue weighted by Crippen LogP contribution is -2.29. The van der Waals surface area contributed by atoms with Gasteiger partial charge in [-0.15, -0.1) is 0 Å². The van der Waals surface area contributed by atoms with Crippen molar-refractivity contribution < 1.29 is 8.95 Å². The number of hydrogen-bond donors (Lipinski definition) is 1. The summed E-state index contributed by atoms with van der Waals surface area (Å²) in [4.78, 5) is 0. The van der Waals surface area contributed by atoms with Crippen LogP contribution in [0.4, 0.5) is 0 Å². The van der Waals surface area contributed by atoms with Crippen LogP contribution in [0.25, 0.3) is 0 Å². The van der Waals surface area contributed by atoms with Crippen molar-refractivity contribution in [2.45, 2.75) is 45.1 Å². The van der Waals surface area contributed by atoms with Gasteiger partial charge in [0.25, 0.3) is 0 Å². The molecule has 0 amide bonds. The number of hydrogen-bond acceptors (Lipinski definition) is 3. The molecule has 0 heterocycles. The Labute approximate surface area is 119 Å². The van der Waals surface area contributed by atoms with Crippen molar-refractivity contribution in [3.05, 3.63) is 29.8 Å². The van der Waals surface area contributed by atoms with E-state index in [-0.39, 0.29) is 17.4 Å². The molecule has 0 saturated carbocycles. The topological polar surface area (TPSA) is 38.3 Å². The smallest absolute Gasteiger partial charge is 0.119 e. The molecule has 0 fully saturated rings. The van der Waals surface area contributed by atoms with Crippen molar-refractivity contribution in [1.29, 1.82) is 0 Å². The zero-order valence-electron chi connectivity index (χ0n) is 12.5. The first kappa shape index (κ1) is 16.2. The van der Waals surface area contributed by atoms with Gasteiger partial charge in [0.05, 0.1) is 6.10 Å². The van der Waals surface area contributed by atoms with Gasteiger partial charge in [0.1, 0.15) is 5.75 Å². The van der Waals surface area contributed by atoms with Gasteiger partial charge in [0.15, 0.2) is 0 Å². The van der Waals surface area contributed by atoms with Crippen LogP contribution in [0.5, 0.6) is 5.75 Å². The predicted octanol–water partition coefficient (Wildman–Crippen LogP) is 2.89. The van der Waals surface area contributed by atoms with Crippen molar-refractivity contribution in [2.75, 3.05) is 12.8 Å². The van der Waals surface area contributed by atoms with Crippen molar-refractivity contribution in [3.8, 4) is 5.75 Å². The lowest BCUT2D eigenvalue weighted by atomic mass is 10.1. The Bertz CT molecular complexity index is 403. The van der Waals surface area contributed by atoms with E-state index < -0.39 is 10.8 Å². The van der Waals surface area contributed by atoms with Gasteiger partial charge in [-0.3, -0.25) is 4.21 Å². The molecule has 1 aromatic rings. The third kappa shape index (κ3) is 5.74. The van der Waals surface area contributed by atoms with Crippen LogP contribution in [0.3, 0.4) is 0 Å². The van der Waals surface area contributed by atoms with Crippen LogP contribution in [-0.2, 0) is 10.8 Å². The van der Waals surface area contributed by atoms with Crippen molar-refractivity contribution in [2.24, 2.45) is 0 Å². The molecule has 4 heteroatoms. The number of ether oxygens (including phenoxy) is 1. The van der Waals surface area contributed by atoms with E-state index >= 15 is 0 Å². The molecule has 19 heavy (non-hydrogen) atoms. The fraction of sp³-hybridized carbons (Fsp3) is 0.600. The molecule has 0 aliphatic rings. The maximum absolute atomic E-state index is 11.3. The predicted molar refractivity (Wildman–Crippen MR) is 82.2 cm³/mol. The van der Waals surface area contributed by atoms with E-state index in [2.05, 4.69) is 24.4 Å². The highest BCUT2D eigenvalue weighted by molar-refractivity contribution is 7.84. The highest BCUT2D eigenvalue weighted by atomic mass is 32.2. The van der Waals surface area contributed by atoms with Gasteiger partial charge in [-0.1, -0.05) is 12.1 Å². The number of benzene rings is 1. The Hall–Kier alpha value is -0.870. The minimum Gasteiger partial charge on any atom is -0.491 e. The second-order valence-corrected chi connectivity index (χ2v) is 6.98. The van der Waals surface area contributed by atoms with Crippen LogP contribution in [0.15, 0.2) is 24.3 Å². The number of rotatable bonds is 7. The van der Waals surface area contributed by atoms with Gasteiger partial charge < -0.3 is 10.1 Å². The van der Waals surface area contributed by atoms with Crippen molar-refractivity contribution in [1.82, 2.24) is 5.32 Å². The highest BCUT2D eigenvalue weighted by Gasteiger charge is 2.10. The first-order valence-electron chi connectivity index (χ1n) is 6.72. The molecule has 0 saturated heterocycles. The van der Waals surface area contributed by atoms with Gasteiger partial charge in [-0.2, -0.15) is 0 Å². The highest BCUT2D eigenvalue weighted by Crippen LogP contribution is 2.18. The molecule has 0 aromatic heterocycles. The van der Waals surface area contributed by atoms with E-state index in [1.165, 1.54) is 5.56 Å². The molecule has 0 radical (unpaired) electrons. The lowest BCUT2D eigenvalue weighted by Gasteiger charge is -2.17. The van der Waals surface area contributed by atoms with Gasteiger partial charge in [-0.25, -0.2) is 0 Å². The van der Waals surface area contributed by atoms with E-state index in [0.29, 0.717) is 0 Å². The van der Waals surface area contributed by atoms with Crippen LogP contribution >= 0.6 is 0 Å². The van der Waals surface area contributed by atoms with Crippen molar-refractivity contribution in [3.63, 3.8) is 0 Å². The lowest BCUT2D eigenvalue weighted by molar-refractivity contribution is 0.242. The van der Waals surface area contributed by atoms with Crippen LogP contribution in [-0.4, -0.2) is 28.4 Å². The molecule has 1 aromatic carbocycles. The molecule has 1 rings (SSSR count). The molecule has 0 bridgehead atoms. The second-order valence-electron chi connectivity index (χ2n) is 5.17. The fourth-order valence-corrected chi connectivity index (χ4v) is 2.02. The third-order valence-electron chi connectivity index (χ3n) is 3.03. The summed E-state index contributed by atoms with van der Waals surface area (Å²) in [5.41, 5.74) is 1.21. The summed E-state index contributed by atoms with van der Waals surface area (Å²) >= 11 is 0. The summed E-state index contributed by atoms with van der Waals surface area (Å²) in [6, 6.07) is 8.38. The van der Waals surface area contributed by atoms with Gasteiger partial charge in [0.2, 0.25) is 0 Å². The van der Waals surface area contributed by atoms with E-state index in [1.54, 1.807) is 6.26 Å². The minimum atomic E-state index is -0.776. The molecule has 1 N–H and O–H groups in total. The van der Waals surface area contributed by atoms with Crippen molar-refractivity contribution >= 4 is 10.8 Å². The molecule has 0 aliphatic heterocycles. The molecular formula is C15H25NO2S. The standard InChI is InChI=1S/C15H25NO2S/c1-11(2)18-15-8-6-14(7-9-15)13(4)16-10-12(3)19(5)17/h6-9,11-13,16H,10H2,1-5H3. The van der Waals surface area contributed by atoms with Crippen LogP contribution in [0, 0.1) is 0 Å². The van der Waals surface area contributed by atoms with Crippen LogP contribution < -0.4 is 10.1 Å². The molecule has 0 spiro atoms. The molecule has 0 aliphatic carbocycles. The van der Waals surface area contributed by atoms with E-state index in [0.717, 1.165) is 12.3 Å². The summed E-state index contributed by atoms with van der Waals surface area (Å²) < 4.78 is 16.9. The zero-order valence-corrected chi connectivity index (χ0v) is 13.3.